The van der Waals surface area contributed by atoms with Gasteiger partial charge in [0.05, 0.1) is 18.5 Å². The van der Waals surface area contributed by atoms with Gasteiger partial charge in [-0.05, 0) is 46.9 Å². The summed E-state index contributed by atoms with van der Waals surface area (Å²) in [5.74, 6) is 0.350. The number of amides is 1. The second kappa shape index (κ2) is 11.1. The number of aromatic nitrogens is 3. The van der Waals surface area contributed by atoms with E-state index in [-0.39, 0.29) is 17.9 Å². The van der Waals surface area contributed by atoms with E-state index in [0.717, 1.165) is 40.9 Å². The van der Waals surface area contributed by atoms with Gasteiger partial charge in [0.15, 0.2) is 5.65 Å². The van der Waals surface area contributed by atoms with Crippen LogP contribution in [-0.2, 0) is 24.2 Å². The lowest BCUT2D eigenvalue weighted by Crippen LogP contribution is -2.15. The van der Waals surface area contributed by atoms with Crippen molar-refractivity contribution in [2.45, 2.75) is 32.7 Å². The van der Waals surface area contributed by atoms with Crippen molar-refractivity contribution in [1.82, 2.24) is 14.5 Å². The molecule has 3 aromatic carbocycles. The Hall–Kier alpha value is -4.78. The summed E-state index contributed by atoms with van der Waals surface area (Å²) < 4.78 is 2.09. The van der Waals surface area contributed by atoms with Crippen molar-refractivity contribution in [2.75, 3.05) is 5.32 Å². The van der Waals surface area contributed by atoms with Gasteiger partial charge in [0.2, 0.25) is 5.91 Å². The van der Waals surface area contributed by atoms with Crippen LogP contribution in [0.5, 0.6) is 0 Å². The molecule has 0 aliphatic carbocycles. The number of imidazole rings is 1. The molecule has 7 heteroatoms. The maximum absolute atomic E-state index is 12.6. The zero-order chi connectivity index (χ0) is 26.5. The topological polar surface area (TPSA) is 97.1 Å². The fourth-order valence-corrected chi connectivity index (χ4v) is 4.56. The number of benzene rings is 3. The average Bonchev–Trinajstić information content (AvgIpc) is 3.26. The van der Waals surface area contributed by atoms with E-state index in [0.29, 0.717) is 23.6 Å². The third kappa shape index (κ3) is 5.47. The van der Waals surface area contributed by atoms with Crippen molar-refractivity contribution in [3.8, 4) is 11.1 Å². The van der Waals surface area contributed by atoms with Crippen LogP contribution >= 0.6 is 0 Å². The lowest BCUT2D eigenvalue weighted by atomic mass is 9.99. The highest BCUT2D eigenvalue weighted by Crippen LogP contribution is 2.25. The number of anilines is 1. The number of nitrogens with one attached hydrogen (secondary N) is 1. The Morgan fingerprint density at radius 3 is 2.32 bits per heavy atom. The van der Waals surface area contributed by atoms with Gasteiger partial charge in [0.25, 0.3) is 0 Å². The number of hydrogen-bond donors (Lipinski definition) is 2. The second-order valence-corrected chi connectivity index (χ2v) is 9.16. The minimum absolute atomic E-state index is 0.125. The summed E-state index contributed by atoms with van der Waals surface area (Å²) >= 11 is 0. The number of carbonyl (C=O) groups is 2. The number of carbonyl (C=O) groups excluding carboxylic acids is 1. The smallest absolute Gasteiger partial charge is 0.336 e. The van der Waals surface area contributed by atoms with Crippen LogP contribution in [-0.4, -0.2) is 31.5 Å². The van der Waals surface area contributed by atoms with Crippen molar-refractivity contribution in [1.29, 1.82) is 0 Å². The Kier molecular flexibility index (Phi) is 7.26. The highest BCUT2D eigenvalue weighted by molar-refractivity contribution is 5.96. The molecule has 0 fully saturated rings. The first-order valence-corrected chi connectivity index (χ1v) is 12.6. The predicted octanol–water partition coefficient (Wildman–Crippen LogP) is 5.98. The normalized spacial score (nSPS) is 11.0. The molecule has 5 rings (SSSR count). The van der Waals surface area contributed by atoms with E-state index in [1.165, 1.54) is 0 Å². The van der Waals surface area contributed by atoms with Crippen molar-refractivity contribution in [3.05, 3.63) is 114 Å². The van der Waals surface area contributed by atoms with Crippen LogP contribution in [0.4, 0.5) is 5.82 Å². The first-order chi connectivity index (χ1) is 18.5. The number of rotatable bonds is 9. The Bertz CT molecular complexity index is 1590. The van der Waals surface area contributed by atoms with E-state index in [1.807, 2.05) is 72.8 Å². The van der Waals surface area contributed by atoms with Crippen LogP contribution in [0, 0.1) is 0 Å². The minimum Gasteiger partial charge on any atom is -0.478 e. The van der Waals surface area contributed by atoms with E-state index in [9.17, 15) is 14.7 Å². The molecular weight excluding hydrogens is 476 g/mol. The summed E-state index contributed by atoms with van der Waals surface area (Å²) in [5, 5.41) is 12.5. The summed E-state index contributed by atoms with van der Waals surface area (Å²) in [6.07, 6.45) is 2.02. The van der Waals surface area contributed by atoms with Gasteiger partial charge in [0, 0.05) is 6.42 Å². The number of hydrogen-bond acceptors (Lipinski definition) is 4. The fraction of sp³-hybridized carbons (Fsp3) is 0.161. The maximum Gasteiger partial charge on any atom is 0.336 e. The molecule has 0 aliphatic rings. The molecule has 0 unspecified atom stereocenters. The van der Waals surface area contributed by atoms with E-state index in [2.05, 4.69) is 16.8 Å². The number of carboxylic acid groups (broad SMARTS) is 1. The van der Waals surface area contributed by atoms with E-state index < -0.39 is 5.97 Å². The Morgan fingerprint density at radius 1 is 0.842 bits per heavy atom. The monoisotopic (exact) mass is 504 g/mol. The van der Waals surface area contributed by atoms with E-state index in [4.69, 9.17) is 9.97 Å². The Balaban J connectivity index is 1.41. The summed E-state index contributed by atoms with van der Waals surface area (Å²) in [6.45, 7) is 2.67. The van der Waals surface area contributed by atoms with Gasteiger partial charge < -0.3 is 15.0 Å². The van der Waals surface area contributed by atoms with Crippen molar-refractivity contribution in [3.63, 3.8) is 0 Å². The van der Waals surface area contributed by atoms with Crippen LogP contribution in [0.1, 0.15) is 40.7 Å². The molecule has 0 saturated carbocycles. The minimum atomic E-state index is -0.948. The van der Waals surface area contributed by atoms with Gasteiger partial charge in [-0.25, -0.2) is 14.8 Å². The highest BCUT2D eigenvalue weighted by atomic mass is 16.4. The largest absolute Gasteiger partial charge is 0.478 e. The summed E-state index contributed by atoms with van der Waals surface area (Å²) in [6, 6.07) is 28.2. The second-order valence-electron chi connectivity index (χ2n) is 9.16. The standard InChI is InChI=1S/C31H28N4O3/c1-2-8-28-32-26-17-18-27(33-29(36)19-21-9-4-3-5-10-21)34-30(26)35(28)20-22-13-15-23(16-14-22)24-11-6-7-12-25(24)31(37)38/h3-7,9-18H,2,8,19-20H2,1H3,(H,37,38)(H,33,34,36). The zero-order valence-corrected chi connectivity index (χ0v) is 21.1. The highest BCUT2D eigenvalue weighted by Gasteiger charge is 2.15. The molecule has 5 aromatic rings. The molecule has 0 aliphatic heterocycles. The molecule has 190 valence electrons. The van der Waals surface area contributed by atoms with Gasteiger partial charge in [-0.1, -0.05) is 79.7 Å². The lowest BCUT2D eigenvalue weighted by Gasteiger charge is -2.11. The predicted molar refractivity (Wildman–Crippen MR) is 148 cm³/mol. The zero-order valence-electron chi connectivity index (χ0n) is 21.1. The van der Waals surface area contributed by atoms with Crippen molar-refractivity contribution < 1.29 is 14.7 Å². The third-order valence-corrected chi connectivity index (χ3v) is 6.38. The molecule has 7 nitrogen and oxygen atoms in total. The quantitative estimate of drug-likeness (QED) is 0.257. The van der Waals surface area contributed by atoms with Crippen LogP contribution in [0.25, 0.3) is 22.3 Å². The summed E-state index contributed by atoms with van der Waals surface area (Å²) in [7, 11) is 0. The number of nitrogens with zero attached hydrogens (tertiary/aromatic N) is 3. The molecule has 38 heavy (non-hydrogen) atoms. The Morgan fingerprint density at radius 2 is 1.58 bits per heavy atom. The number of pyridine rings is 1. The van der Waals surface area contributed by atoms with E-state index in [1.54, 1.807) is 18.2 Å². The van der Waals surface area contributed by atoms with Gasteiger partial charge >= 0.3 is 5.97 Å². The molecule has 0 bridgehead atoms. The van der Waals surface area contributed by atoms with E-state index >= 15 is 0 Å². The number of aromatic carboxylic acids is 1. The van der Waals surface area contributed by atoms with Gasteiger partial charge in [0.1, 0.15) is 17.2 Å². The molecule has 2 N–H and O–H groups in total. The molecule has 0 saturated heterocycles. The molecule has 2 aromatic heterocycles. The van der Waals surface area contributed by atoms with Gasteiger partial charge in [-0.2, -0.15) is 0 Å². The van der Waals surface area contributed by atoms with Gasteiger partial charge in [-0.15, -0.1) is 0 Å². The summed E-state index contributed by atoms with van der Waals surface area (Å²) in [5.41, 5.74) is 5.28. The molecule has 0 spiro atoms. The SMILES string of the molecule is CCCc1nc2ccc(NC(=O)Cc3ccccc3)nc2n1Cc1ccc(-c2ccccc2C(=O)O)cc1. The van der Waals surface area contributed by atoms with Crippen LogP contribution < -0.4 is 5.32 Å². The number of aryl methyl sites for hydroxylation is 1. The fourth-order valence-electron chi connectivity index (χ4n) is 4.56. The summed E-state index contributed by atoms with van der Waals surface area (Å²) in [4.78, 5) is 33.8. The molecule has 2 heterocycles. The van der Waals surface area contributed by atoms with Crippen molar-refractivity contribution >= 4 is 28.9 Å². The number of fused-ring (bicyclic) bond motifs is 1. The molecular formula is C31H28N4O3. The van der Waals surface area contributed by atoms with Crippen LogP contribution in [0.2, 0.25) is 0 Å². The average molecular weight is 505 g/mol. The third-order valence-electron chi connectivity index (χ3n) is 6.38. The van der Waals surface area contributed by atoms with Gasteiger partial charge in [-0.3, -0.25) is 4.79 Å². The van der Waals surface area contributed by atoms with Crippen LogP contribution in [0.3, 0.4) is 0 Å². The Labute approximate surface area is 220 Å². The first kappa shape index (κ1) is 24.9. The lowest BCUT2D eigenvalue weighted by molar-refractivity contribution is -0.115. The molecule has 0 radical (unpaired) electrons. The molecule has 0 atom stereocenters. The maximum atomic E-state index is 12.6. The van der Waals surface area contributed by atoms with Crippen molar-refractivity contribution in [2.24, 2.45) is 0 Å². The molecule has 1 amide bonds. The first-order valence-electron chi connectivity index (χ1n) is 12.6. The van der Waals surface area contributed by atoms with Crippen LogP contribution in [0.15, 0.2) is 91.0 Å². The number of carboxylic acids is 1.